The van der Waals surface area contributed by atoms with Crippen LogP contribution in [-0.4, -0.2) is 38.7 Å². The monoisotopic (exact) mass is 449 g/mol. The topological polar surface area (TPSA) is 102 Å². The van der Waals surface area contributed by atoms with Crippen LogP contribution in [0.2, 0.25) is 0 Å². The molecule has 2 aromatic rings. The maximum Gasteiger partial charge on any atom is 0.270 e. The van der Waals surface area contributed by atoms with E-state index in [-0.39, 0.29) is 34.8 Å². The molecule has 0 saturated heterocycles. The van der Waals surface area contributed by atoms with Gasteiger partial charge in [-0.05, 0) is 63.8 Å². The molecular formula is C22H31N3O5S. The highest BCUT2D eigenvalue weighted by atomic mass is 32.2. The molecule has 3 rings (SSSR count). The third-order valence-corrected chi connectivity index (χ3v) is 7.72. The van der Waals surface area contributed by atoms with Crippen molar-refractivity contribution >= 4 is 21.6 Å². The van der Waals surface area contributed by atoms with Crippen LogP contribution < -0.4 is 14.4 Å². The number of aryl methyl sites for hydroxylation is 2. The van der Waals surface area contributed by atoms with Crippen molar-refractivity contribution in [2.45, 2.75) is 64.3 Å². The number of hydrogen-bond acceptors (Lipinski definition) is 6. The molecule has 8 nitrogen and oxygen atoms in total. The molecule has 31 heavy (non-hydrogen) atoms. The summed E-state index contributed by atoms with van der Waals surface area (Å²) in [6, 6.07) is 6.71. The first-order valence-corrected chi connectivity index (χ1v) is 12.2. The number of ether oxygens (including phenoxy) is 1. The van der Waals surface area contributed by atoms with E-state index in [1.54, 1.807) is 38.1 Å². The number of nitrogens with one attached hydrogen (secondary N) is 1. The van der Waals surface area contributed by atoms with Crippen LogP contribution in [0.4, 0.5) is 5.69 Å². The molecule has 1 aliphatic rings. The summed E-state index contributed by atoms with van der Waals surface area (Å²) in [7, 11) is -4.07. The third kappa shape index (κ3) is 5.20. The number of anilines is 1. The van der Waals surface area contributed by atoms with Crippen molar-refractivity contribution in [3.8, 4) is 5.75 Å². The SMILES string of the molecule is CCOc1ccc(N(CC(=O)N[C@H]2CCCC[C@H]2C)S(=O)(=O)c2c(C)noc2C)cc1. The summed E-state index contributed by atoms with van der Waals surface area (Å²) in [5.41, 5.74) is 0.630. The predicted molar refractivity (Wildman–Crippen MR) is 118 cm³/mol. The Labute approximate surface area is 184 Å². The first-order valence-electron chi connectivity index (χ1n) is 10.7. The summed E-state index contributed by atoms with van der Waals surface area (Å²) >= 11 is 0. The van der Waals surface area contributed by atoms with Gasteiger partial charge in [-0.2, -0.15) is 0 Å². The van der Waals surface area contributed by atoms with Crippen LogP contribution in [0.3, 0.4) is 0 Å². The largest absolute Gasteiger partial charge is 0.494 e. The average molecular weight is 450 g/mol. The molecule has 170 valence electrons. The molecule has 1 aromatic carbocycles. The fourth-order valence-corrected chi connectivity index (χ4v) is 5.77. The smallest absolute Gasteiger partial charge is 0.270 e. The van der Waals surface area contributed by atoms with Gasteiger partial charge in [0.15, 0.2) is 10.7 Å². The Morgan fingerprint density at radius 1 is 1.23 bits per heavy atom. The Balaban J connectivity index is 1.91. The van der Waals surface area contributed by atoms with Crippen molar-refractivity contribution in [1.82, 2.24) is 10.5 Å². The highest BCUT2D eigenvalue weighted by Gasteiger charge is 2.33. The second-order valence-electron chi connectivity index (χ2n) is 8.03. The Morgan fingerprint density at radius 2 is 1.90 bits per heavy atom. The summed E-state index contributed by atoms with van der Waals surface area (Å²) in [4.78, 5) is 12.9. The number of amides is 1. The highest BCUT2D eigenvalue weighted by Crippen LogP contribution is 2.29. The third-order valence-electron chi connectivity index (χ3n) is 5.70. The summed E-state index contributed by atoms with van der Waals surface area (Å²) in [5.74, 6) is 0.856. The molecule has 1 amide bonds. The molecule has 0 aliphatic heterocycles. The molecule has 1 heterocycles. The molecular weight excluding hydrogens is 418 g/mol. The first-order chi connectivity index (χ1) is 14.7. The van der Waals surface area contributed by atoms with Crippen molar-refractivity contribution in [1.29, 1.82) is 0 Å². The van der Waals surface area contributed by atoms with E-state index in [1.807, 2.05) is 6.92 Å². The minimum absolute atomic E-state index is 0.0137. The van der Waals surface area contributed by atoms with Gasteiger partial charge in [0.1, 0.15) is 18.0 Å². The van der Waals surface area contributed by atoms with E-state index in [1.165, 1.54) is 0 Å². The zero-order valence-corrected chi connectivity index (χ0v) is 19.4. The maximum absolute atomic E-state index is 13.6. The van der Waals surface area contributed by atoms with Crippen LogP contribution in [0.5, 0.6) is 5.75 Å². The van der Waals surface area contributed by atoms with Crippen LogP contribution in [0, 0.1) is 19.8 Å². The van der Waals surface area contributed by atoms with Gasteiger partial charge in [-0.3, -0.25) is 9.10 Å². The van der Waals surface area contributed by atoms with E-state index in [0.29, 0.717) is 24.0 Å². The van der Waals surface area contributed by atoms with Crippen molar-refractivity contribution in [2.75, 3.05) is 17.5 Å². The Morgan fingerprint density at radius 3 is 2.48 bits per heavy atom. The average Bonchev–Trinajstić information content (AvgIpc) is 3.08. The first kappa shape index (κ1) is 23.1. The maximum atomic E-state index is 13.6. The lowest BCUT2D eigenvalue weighted by Crippen LogP contribution is -2.47. The number of sulfonamides is 1. The van der Waals surface area contributed by atoms with Crippen molar-refractivity contribution in [2.24, 2.45) is 5.92 Å². The van der Waals surface area contributed by atoms with Gasteiger partial charge in [0.25, 0.3) is 10.0 Å². The van der Waals surface area contributed by atoms with E-state index in [4.69, 9.17) is 9.26 Å². The Bertz CT molecular complexity index is 981. The van der Waals surface area contributed by atoms with Crippen molar-refractivity contribution in [3.63, 3.8) is 0 Å². The minimum atomic E-state index is -4.07. The molecule has 1 N–H and O–H groups in total. The standard InChI is InChI=1S/C22H31N3O5S/c1-5-29-19-12-10-18(11-13-19)25(31(27,28)22-16(3)24-30-17(22)4)14-21(26)23-20-9-7-6-8-15(20)2/h10-13,15,20H,5-9,14H2,1-4H3,(H,23,26)/t15-,20+/m1/s1. The Hall–Kier alpha value is -2.55. The van der Waals surface area contributed by atoms with Gasteiger partial charge in [-0.15, -0.1) is 0 Å². The molecule has 0 radical (unpaired) electrons. The van der Waals surface area contributed by atoms with Gasteiger partial charge < -0.3 is 14.6 Å². The number of nitrogens with zero attached hydrogens (tertiary/aromatic N) is 2. The number of benzene rings is 1. The molecule has 1 fully saturated rings. The highest BCUT2D eigenvalue weighted by molar-refractivity contribution is 7.93. The Kier molecular flexibility index (Phi) is 7.25. The fourth-order valence-electron chi connectivity index (χ4n) is 4.06. The lowest BCUT2D eigenvalue weighted by molar-refractivity contribution is -0.120. The lowest BCUT2D eigenvalue weighted by atomic mass is 9.86. The van der Waals surface area contributed by atoms with Crippen molar-refractivity contribution in [3.05, 3.63) is 35.7 Å². The van der Waals surface area contributed by atoms with Crippen LogP contribution in [0.1, 0.15) is 51.0 Å². The van der Waals surface area contributed by atoms with Gasteiger partial charge in [-0.1, -0.05) is 24.9 Å². The summed E-state index contributed by atoms with van der Waals surface area (Å²) in [6.07, 6.45) is 4.19. The second kappa shape index (κ2) is 9.72. The number of carbonyl (C=O) groups excluding carboxylic acids is 1. The predicted octanol–water partition coefficient (Wildman–Crippen LogP) is 3.58. The van der Waals surface area contributed by atoms with E-state index < -0.39 is 10.0 Å². The van der Waals surface area contributed by atoms with E-state index >= 15 is 0 Å². The van der Waals surface area contributed by atoms with E-state index in [9.17, 15) is 13.2 Å². The molecule has 1 aromatic heterocycles. The van der Waals surface area contributed by atoms with Crippen LogP contribution in [0.15, 0.2) is 33.7 Å². The van der Waals surface area contributed by atoms with E-state index in [0.717, 1.165) is 30.0 Å². The fraction of sp³-hybridized carbons (Fsp3) is 0.545. The second-order valence-corrected chi connectivity index (χ2v) is 9.83. The van der Waals surface area contributed by atoms with Gasteiger partial charge in [0.05, 0.1) is 12.3 Å². The van der Waals surface area contributed by atoms with Gasteiger partial charge in [0, 0.05) is 6.04 Å². The molecule has 0 spiro atoms. The number of aromatic nitrogens is 1. The summed E-state index contributed by atoms with van der Waals surface area (Å²) in [5, 5.41) is 6.82. The molecule has 0 bridgehead atoms. The van der Waals surface area contributed by atoms with E-state index in [2.05, 4.69) is 17.4 Å². The molecule has 9 heteroatoms. The van der Waals surface area contributed by atoms with Gasteiger partial charge in [0.2, 0.25) is 5.91 Å². The summed E-state index contributed by atoms with van der Waals surface area (Å²) < 4.78 is 38.8. The minimum Gasteiger partial charge on any atom is -0.494 e. The normalized spacial score (nSPS) is 19.1. The quantitative estimate of drug-likeness (QED) is 0.661. The number of hydrogen-bond donors (Lipinski definition) is 1. The summed E-state index contributed by atoms with van der Waals surface area (Å²) in [6.45, 7) is 7.29. The van der Waals surface area contributed by atoms with Crippen LogP contribution >= 0.6 is 0 Å². The molecule has 0 unspecified atom stereocenters. The zero-order valence-electron chi connectivity index (χ0n) is 18.6. The molecule has 1 aliphatic carbocycles. The van der Waals surface area contributed by atoms with Gasteiger partial charge >= 0.3 is 0 Å². The molecule has 1 saturated carbocycles. The number of carbonyl (C=O) groups is 1. The molecule has 2 atom stereocenters. The zero-order chi connectivity index (χ0) is 22.6. The number of rotatable bonds is 8. The lowest BCUT2D eigenvalue weighted by Gasteiger charge is -2.31. The van der Waals surface area contributed by atoms with Crippen molar-refractivity contribution < 1.29 is 22.5 Å². The van der Waals surface area contributed by atoms with Gasteiger partial charge in [-0.25, -0.2) is 8.42 Å². The van der Waals surface area contributed by atoms with Crippen LogP contribution in [-0.2, 0) is 14.8 Å². The van der Waals surface area contributed by atoms with Crippen LogP contribution in [0.25, 0.3) is 0 Å².